The Morgan fingerprint density at radius 2 is 1.73 bits per heavy atom. The van der Waals surface area contributed by atoms with Crippen LogP contribution in [0.15, 0.2) is 54.7 Å². The van der Waals surface area contributed by atoms with Crippen molar-refractivity contribution in [2.24, 2.45) is 0 Å². The molecular formula is C27H32N4O2. The highest BCUT2D eigenvalue weighted by atomic mass is 16.2. The predicted octanol–water partition coefficient (Wildman–Crippen LogP) is 3.36. The Hall–Kier alpha value is -3.12. The van der Waals surface area contributed by atoms with Crippen LogP contribution in [0.4, 0.5) is 0 Å². The lowest BCUT2D eigenvalue weighted by Crippen LogP contribution is -2.56. The first kappa shape index (κ1) is 21.7. The van der Waals surface area contributed by atoms with E-state index in [0.717, 1.165) is 42.1 Å². The highest BCUT2D eigenvalue weighted by Gasteiger charge is 2.30. The Balaban J connectivity index is 1.32. The van der Waals surface area contributed by atoms with Gasteiger partial charge in [0.05, 0.1) is 6.04 Å². The largest absolute Gasteiger partial charge is 0.361 e. The molecule has 2 aromatic carbocycles. The first-order valence-corrected chi connectivity index (χ1v) is 12.1. The maximum atomic E-state index is 13.3. The van der Waals surface area contributed by atoms with E-state index in [9.17, 15) is 9.59 Å². The molecule has 0 unspecified atom stereocenters. The number of para-hydroxylation sites is 1. The summed E-state index contributed by atoms with van der Waals surface area (Å²) in [5.41, 5.74) is 4.50. The number of benzene rings is 2. The molecule has 0 spiro atoms. The molecule has 1 aromatic heterocycles. The van der Waals surface area contributed by atoms with Crippen molar-refractivity contribution in [1.82, 2.24) is 20.9 Å². The van der Waals surface area contributed by atoms with Crippen molar-refractivity contribution in [3.05, 3.63) is 71.4 Å². The van der Waals surface area contributed by atoms with Gasteiger partial charge in [-0.25, -0.2) is 0 Å². The number of nitrogens with one attached hydrogen (secondary N) is 4. The minimum Gasteiger partial charge on any atom is -0.361 e. The maximum Gasteiger partial charge on any atom is 0.243 e. The summed E-state index contributed by atoms with van der Waals surface area (Å²) < 4.78 is 0. The van der Waals surface area contributed by atoms with Gasteiger partial charge in [0.2, 0.25) is 11.8 Å². The third kappa shape index (κ3) is 4.96. The van der Waals surface area contributed by atoms with Gasteiger partial charge in [0.25, 0.3) is 0 Å². The van der Waals surface area contributed by atoms with E-state index in [2.05, 4.69) is 39.1 Å². The molecule has 1 fully saturated rings. The van der Waals surface area contributed by atoms with Crippen LogP contribution in [0.2, 0.25) is 0 Å². The zero-order chi connectivity index (χ0) is 22.6. The summed E-state index contributed by atoms with van der Waals surface area (Å²) in [6.45, 7) is 0.662. The van der Waals surface area contributed by atoms with E-state index in [4.69, 9.17) is 0 Å². The van der Waals surface area contributed by atoms with Crippen LogP contribution in [0.5, 0.6) is 0 Å². The standard InChI is InChI=1S/C27H32N4O2/c32-26(24-14-18-8-4-5-9-19(18)16-29-24)31-25(27(33)30-21-10-2-1-3-11-21)15-20-17-28-23-13-7-6-12-22(20)23/h4-9,12-13,17,21,24-25,28-29H,1-3,10-11,14-16H2,(H,30,33)(H,31,32)/t24-,25-/m0/s1. The second kappa shape index (κ2) is 9.79. The summed E-state index contributed by atoms with van der Waals surface area (Å²) in [4.78, 5) is 29.9. The van der Waals surface area contributed by atoms with E-state index in [0.29, 0.717) is 19.4 Å². The molecule has 2 atom stereocenters. The first-order chi connectivity index (χ1) is 16.2. The van der Waals surface area contributed by atoms with Crippen LogP contribution in [0.25, 0.3) is 10.9 Å². The van der Waals surface area contributed by atoms with Gasteiger partial charge in [-0.1, -0.05) is 61.7 Å². The number of fused-ring (bicyclic) bond motifs is 2. The zero-order valence-electron chi connectivity index (χ0n) is 18.9. The summed E-state index contributed by atoms with van der Waals surface area (Å²) in [7, 11) is 0. The van der Waals surface area contributed by atoms with Crippen molar-refractivity contribution in [2.75, 3.05) is 0 Å². The van der Waals surface area contributed by atoms with Crippen LogP contribution >= 0.6 is 0 Å². The normalized spacial score (nSPS) is 19.6. The average molecular weight is 445 g/mol. The predicted molar refractivity (Wildman–Crippen MR) is 130 cm³/mol. The number of carbonyl (C=O) groups is 2. The lowest BCUT2D eigenvalue weighted by molar-refractivity contribution is -0.130. The molecule has 2 amide bonds. The monoisotopic (exact) mass is 444 g/mol. The first-order valence-electron chi connectivity index (χ1n) is 12.1. The van der Waals surface area contributed by atoms with Crippen LogP contribution in [-0.2, 0) is 29.0 Å². The number of hydrogen-bond acceptors (Lipinski definition) is 3. The molecule has 1 aliphatic heterocycles. The average Bonchev–Trinajstić information content (AvgIpc) is 3.26. The van der Waals surface area contributed by atoms with E-state index in [-0.39, 0.29) is 23.9 Å². The lowest BCUT2D eigenvalue weighted by Gasteiger charge is -2.29. The second-order valence-electron chi connectivity index (χ2n) is 9.37. The highest BCUT2D eigenvalue weighted by molar-refractivity contribution is 5.91. The van der Waals surface area contributed by atoms with Crippen molar-refractivity contribution in [1.29, 1.82) is 0 Å². The summed E-state index contributed by atoms with van der Waals surface area (Å²) >= 11 is 0. The fourth-order valence-corrected chi connectivity index (χ4v) is 5.19. The maximum absolute atomic E-state index is 13.3. The van der Waals surface area contributed by atoms with Crippen LogP contribution in [0.3, 0.4) is 0 Å². The fraction of sp³-hybridized carbons (Fsp3) is 0.407. The molecule has 5 rings (SSSR count). The van der Waals surface area contributed by atoms with Crippen LogP contribution in [0, 0.1) is 0 Å². The Bertz CT molecular complexity index is 1130. The number of carbonyl (C=O) groups excluding carboxylic acids is 2. The van der Waals surface area contributed by atoms with Gasteiger partial charge in [0, 0.05) is 36.1 Å². The number of rotatable bonds is 6. The number of aromatic nitrogens is 1. The van der Waals surface area contributed by atoms with Gasteiger partial charge in [-0.3, -0.25) is 9.59 Å². The van der Waals surface area contributed by atoms with Crippen molar-refractivity contribution in [3.63, 3.8) is 0 Å². The summed E-state index contributed by atoms with van der Waals surface area (Å²) in [5.74, 6) is -0.204. The lowest BCUT2D eigenvalue weighted by atomic mass is 9.94. The molecule has 2 aliphatic rings. The highest BCUT2D eigenvalue weighted by Crippen LogP contribution is 2.21. The summed E-state index contributed by atoms with van der Waals surface area (Å²) in [5, 5.41) is 10.7. The fourth-order valence-electron chi connectivity index (χ4n) is 5.19. The van der Waals surface area contributed by atoms with E-state index in [1.165, 1.54) is 17.5 Å². The minimum atomic E-state index is -0.613. The Morgan fingerprint density at radius 1 is 0.970 bits per heavy atom. The summed E-state index contributed by atoms with van der Waals surface area (Å²) in [6, 6.07) is 15.5. The van der Waals surface area contributed by atoms with Crippen LogP contribution < -0.4 is 16.0 Å². The molecule has 0 bridgehead atoms. The Labute approximate surface area is 194 Å². The third-order valence-electron chi connectivity index (χ3n) is 7.08. The SMILES string of the molecule is O=C(N[C@@H](Cc1c[nH]c2ccccc12)C(=O)NC1CCCCC1)[C@@H]1Cc2ccccc2CN1. The number of hydrogen-bond donors (Lipinski definition) is 4. The molecule has 6 heteroatoms. The molecule has 4 N–H and O–H groups in total. The molecular weight excluding hydrogens is 412 g/mol. The minimum absolute atomic E-state index is 0.0864. The number of H-pyrrole nitrogens is 1. The van der Waals surface area contributed by atoms with E-state index in [1.54, 1.807) is 0 Å². The molecule has 0 radical (unpaired) electrons. The van der Waals surface area contributed by atoms with Gasteiger partial charge in [0.1, 0.15) is 6.04 Å². The number of amides is 2. The molecule has 3 aromatic rings. The third-order valence-corrected chi connectivity index (χ3v) is 7.08. The second-order valence-corrected chi connectivity index (χ2v) is 9.37. The quantitative estimate of drug-likeness (QED) is 0.470. The number of aromatic amines is 1. The van der Waals surface area contributed by atoms with Crippen molar-refractivity contribution in [2.45, 2.75) is 69.6 Å². The van der Waals surface area contributed by atoms with E-state index in [1.807, 2.05) is 36.5 Å². The van der Waals surface area contributed by atoms with Crippen molar-refractivity contribution >= 4 is 22.7 Å². The topological polar surface area (TPSA) is 86.0 Å². The van der Waals surface area contributed by atoms with Gasteiger partial charge in [-0.15, -0.1) is 0 Å². The Kier molecular flexibility index (Phi) is 6.44. The molecule has 172 valence electrons. The van der Waals surface area contributed by atoms with Gasteiger partial charge < -0.3 is 20.9 Å². The van der Waals surface area contributed by atoms with Crippen LogP contribution in [-0.4, -0.2) is 34.9 Å². The smallest absolute Gasteiger partial charge is 0.243 e. The summed E-state index contributed by atoms with van der Waals surface area (Å²) in [6.07, 6.45) is 8.60. The van der Waals surface area contributed by atoms with Gasteiger partial charge in [-0.2, -0.15) is 0 Å². The Morgan fingerprint density at radius 3 is 2.58 bits per heavy atom. The van der Waals surface area contributed by atoms with Crippen molar-refractivity contribution < 1.29 is 9.59 Å². The molecule has 0 saturated heterocycles. The van der Waals surface area contributed by atoms with E-state index < -0.39 is 6.04 Å². The van der Waals surface area contributed by atoms with Crippen molar-refractivity contribution in [3.8, 4) is 0 Å². The molecule has 33 heavy (non-hydrogen) atoms. The molecule has 1 saturated carbocycles. The molecule has 6 nitrogen and oxygen atoms in total. The van der Waals surface area contributed by atoms with Gasteiger partial charge in [-0.05, 0) is 42.0 Å². The zero-order valence-corrected chi connectivity index (χ0v) is 18.9. The molecule has 2 heterocycles. The van der Waals surface area contributed by atoms with E-state index >= 15 is 0 Å². The van der Waals surface area contributed by atoms with Crippen LogP contribution in [0.1, 0.15) is 48.8 Å². The van der Waals surface area contributed by atoms with Gasteiger partial charge >= 0.3 is 0 Å². The van der Waals surface area contributed by atoms with Gasteiger partial charge in [0.15, 0.2) is 0 Å². The molecule has 1 aliphatic carbocycles.